The van der Waals surface area contributed by atoms with E-state index < -0.39 is 0 Å². The summed E-state index contributed by atoms with van der Waals surface area (Å²) in [6, 6.07) is 7.99. The van der Waals surface area contributed by atoms with Crippen molar-refractivity contribution < 1.29 is 0 Å². The number of hydrazone groups is 1. The maximum atomic E-state index is 5.69. The molecular weight excluding hydrogens is 174 g/mol. The van der Waals surface area contributed by atoms with Crippen LogP contribution in [0.3, 0.4) is 0 Å². The Morgan fingerprint density at radius 2 is 2.07 bits per heavy atom. The van der Waals surface area contributed by atoms with Crippen LogP contribution < -0.4 is 11.6 Å². The Morgan fingerprint density at radius 1 is 1.36 bits per heavy atom. The number of hydrogen-bond acceptors (Lipinski definition) is 2. The first kappa shape index (κ1) is 10.6. The summed E-state index contributed by atoms with van der Waals surface area (Å²) in [7, 11) is 0. The van der Waals surface area contributed by atoms with Gasteiger partial charge >= 0.3 is 0 Å². The van der Waals surface area contributed by atoms with Crippen LogP contribution in [-0.2, 0) is 6.42 Å². The molecule has 0 amide bonds. The molecular formula is C11H17N3. The predicted molar refractivity (Wildman–Crippen MR) is 60.0 cm³/mol. The van der Waals surface area contributed by atoms with E-state index in [2.05, 4.69) is 18.1 Å². The van der Waals surface area contributed by atoms with Crippen LogP contribution >= 0.6 is 0 Å². The highest BCUT2D eigenvalue weighted by Gasteiger charge is 2.04. The molecule has 0 aromatic heterocycles. The average Bonchev–Trinajstić information content (AvgIpc) is 2.25. The van der Waals surface area contributed by atoms with Crippen molar-refractivity contribution in [3.63, 3.8) is 0 Å². The van der Waals surface area contributed by atoms with Gasteiger partial charge in [0.05, 0.1) is 0 Å². The molecule has 0 atom stereocenters. The predicted octanol–water partition coefficient (Wildman–Crippen LogP) is 1.61. The van der Waals surface area contributed by atoms with Gasteiger partial charge in [-0.2, -0.15) is 5.10 Å². The fourth-order valence-electron chi connectivity index (χ4n) is 1.42. The third-order valence-corrected chi connectivity index (χ3v) is 2.23. The molecule has 14 heavy (non-hydrogen) atoms. The molecule has 4 N–H and O–H groups in total. The van der Waals surface area contributed by atoms with Crippen LogP contribution in [0.4, 0.5) is 0 Å². The molecule has 0 saturated heterocycles. The van der Waals surface area contributed by atoms with Gasteiger partial charge < -0.3 is 11.6 Å². The van der Waals surface area contributed by atoms with E-state index in [1.54, 1.807) is 0 Å². The highest BCUT2D eigenvalue weighted by atomic mass is 15.2. The molecule has 76 valence electrons. The Bertz CT molecular complexity index is 318. The lowest BCUT2D eigenvalue weighted by Crippen LogP contribution is -2.17. The van der Waals surface area contributed by atoms with E-state index in [0.29, 0.717) is 5.84 Å². The molecule has 0 radical (unpaired) electrons. The van der Waals surface area contributed by atoms with Gasteiger partial charge in [0.2, 0.25) is 0 Å². The summed E-state index contributed by atoms with van der Waals surface area (Å²) in [6.45, 7) is 2.17. The number of amidine groups is 1. The Labute approximate surface area is 84.8 Å². The van der Waals surface area contributed by atoms with Crippen molar-refractivity contribution in [1.29, 1.82) is 0 Å². The van der Waals surface area contributed by atoms with E-state index >= 15 is 0 Å². The Morgan fingerprint density at radius 3 is 2.71 bits per heavy atom. The fraction of sp³-hybridized carbons (Fsp3) is 0.364. The van der Waals surface area contributed by atoms with Gasteiger partial charge in [-0.3, -0.25) is 0 Å². The average molecular weight is 191 g/mol. The standard InChI is InChI=1S/C11H17N3/c1-2-3-6-9-7-4-5-8-10(9)11(12)14-13/h4-5,7-8H,2-3,6,13H2,1H3,(H2,12,14). The number of benzene rings is 1. The van der Waals surface area contributed by atoms with Crippen molar-refractivity contribution in [2.24, 2.45) is 16.7 Å². The fourth-order valence-corrected chi connectivity index (χ4v) is 1.42. The number of unbranched alkanes of at least 4 members (excludes halogenated alkanes) is 1. The SMILES string of the molecule is CCCCc1ccccc1/C(N)=N/N. The third-order valence-electron chi connectivity index (χ3n) is 2.23. The van der Waals surface area contributed by atoms with E-state index in [9.17, 15) is 0 Å². The molecule has 0 aliphatic heterocycles. The lowest BCUT2D eigenvalue weighted by atomic mass is 10.0. The van der Waals surface area contributed by atoms with Crippen LogP contribution in [0.25, 0.3) is 0 Å². The van der Waals surface area contributed by atoms with Crippen LogP contribution in [0.1, 0.15) is 30.9 Å². The first-order valence-electron chi connectivity index (χ1n) is 4.91. The van der Waals surface area contributed by atoms with E-state index in [1.807, 2.05) is 18.2 Å². The van der Waals surface area contributed by atoms with Gasteiger partial charge in [-0.15, -0.1) is 0 Å². The Balaban J connectivity index is 2.91. The second kappa shape index (κ2) is 5.27. The van der Waals surface area contributed by atoms with E-state index in [1.165, 1.54) is 12.0 Å². The zero-order chi connectivity index (χ0) is 10.4. The van der Waals surface area contributed by atoms with Gasteiger partial charge in [-0.1, -0.05) is 37.6 Å². The summed E-state index contributed by atoms with van der Waals surface area (Å²) in [5.74, 6) is 5.58. The number of aryl methyl sites for hydroxylation is 1. The van der Waals surface area contributed by atoms with Crippen LogP contribution in [0.15, 0.2) is 29.4 Å². The molecule has 0 spiro atoms. The quantitative estimate of drug-likeness (QED) is 0.328. The molecule has 0 aliphatic rings. The van der Waals surface area contributed by atoms with Gasteiger partial charge in [0.1, 0.15) is 0 Å². The van der Waals surface area contributed by atoms with Crippen molar-refractivity contribution >= 4 is 5.84 Å². The largest absolute Gasteiger partial charge is 0.382 e. The van der Waals surface area contributed by atoms with E-state index in [4.69, 9.17) is 11.6 Å². The maximum absolute atomic E-state index is 5.69. The molecule has 0 unspecified atom stereocenters. The highest BCUT2D eigenvalue weighted by Crippen LogP contribution is 2.11. The lowest BCUT2D eigenvalue weighted by Gasteiger charge is -2.07. The summed E-state index contributed by atoms with van der Waals surface area (Å²) in [5, 5.41) is 3.52. The summed E-state index contributed by atoms with van der Waals surface area (Å²) in [6.07, 6.45) is 3.37. The number of rotatable bonds is 4. The summed E-state index contributed by atoms with van der Waals surface area (Å²) >= 11 is 0. The minimum atomic E-state index is 0.414. The van der Waals surface area contributed by atoms with Crippen molar-refractivity contribution in [3.8, 4) is 0 Å². The number of nitrogens with zero attached hydrogens (tertiary/aromatic N) is 1. The number of nitrogens with two attached hydrogens (primary N) is 2. The molecule has 1 aromatic carbocycles. The molecule has 0 heterocycles. The van der Waals surface area contributed by atoms with Crippen molar-refractivity contribution in [1.82, 2.24) is 0 Å². The molecule has 0 bridgehead atoms. The Hall–Kier alpha value is -1.51. The summed E-state index contributed by atoms with van der Waals surface area (Å²) in [4.78, 5) is 0. The minimum Gasteiger partial charge on any atom is -0.382 e. The smallest absolute Gasteiger partial charge is 0.150 e. The van der Waals surface area contributed by atoms with Crippen LogP contribution in [-0.4, -0.2) is 5.84 Å². The molecule has 3 heteroatoms. The maximum Gasteiger partial charge on any atom is 0.150 e. The topological polar surface area (TPSA) is 64.4 Å². The van der Waals surface area contributed by atoms with Crippen molar-refractivity contribution in [2.45, 2.75) is 26.2 Å². The zero-order valence-corrected chi connectivity index (χ0v) is 8.53. The first-order valence-corrected chi connectivity index (χ1v) is 4.91. The van der Waals surface area contributed by atoms with Crippen molar-refractivity contribution in [2.75, 3.05) is 0 Å². The molecule has 0 fully saturated rings. The molecule has 1 rings (SSSR count). The molecule has 0 saturated carbocycles. The molecule has 0 aliphatic carbocycles. The normalized spacial score (nSPS) is 11.6. The van der Waals surface area contributed by atoms with Crippen LogP contribution in [0, 0.1) is 0 Å². The first-order chi connectivity index (χ1) is 6.79. The number of hydrogen-bond donors (Lipinski definition) is 2. The van der Waals surface area contributed by atoms with Crippen molar-refractivity contribution in [3.05, 3.63) is 35.4 Å². The van der Waals surface area contributed by atoms with Crippen LogP contribution in [0.2, 0.25) is 0 Å². The Kier molecular flexibility index (Phi) is 3.98. The van der Waals surface area contributed by atoms with Gasteiger partial charge in [0, 0.05) is 5.56 Å². The van der Waals surface area contributed by atoms with Gasteiger partial charge in [-0.05, 0) is 18.4 Å². The van der Waals surface area contributed by atoms with Gasteiger partial charge in [0.15, 0.2) is 5.84 Å². The van der Waals surface area contributed by atoms with Crippen LogP contribution in [0.5, 0.6) is 0 Å². The summed E-state index contributed by atoms with van der Waals surface area (Å²) in [5.41, 5.74) is 7.88. The molecule has 3 nitrogen and oxygen atoms in total. The minimum absolute atomic E-state index is 0.414. The molecule has 1 aromatic rings. The third kappa shape index (κ3) is 2.49. The zero-order valence-electron chi connectivity index (χ0n) is 8.53. The second-order valence-corrected chi connectivity index (χ2v) is 3.28. The van der Waals surface area contributed by atoms with E-state index in [0.717, 1.165) is 18.4 Å². The van der Waals surface area contributed by atoms with Gasteiger partial charge in [-0.25, -0.2) is 0 Å². The van der Waals surface area contributed by atoms with Gasteiger partial charge in [0.25, 0.3) is 0 Å². The second-order valence-electron chi connectivity index (χ2n) is 3.28. The lowest BCUT2D eigenvalue weighted by molar-refractivity contribution is 0.794. The monoisotopic (exact) mass is 191 g/mol. The highest BCUT2D eigenvalue weighted by molar-refractivity contribution is 5.98. The van der Waals surface area contributed by atoms with E-state index in [-0.39, 0.29) is 0 Å². The summed E-state index contributed by atoms with van der Waals surface area (Å²) < 4.78 is 0.